The van der Waals surface area contributed by atoms with Crippen molar-refractivity contribution in [2.24, 2.45) is 7.05 Å². The first kappa shape index (κ1) is 14.0. The Labute approximate surface area is 143 Å². The number of aryl methyl sites for hydroxylation is 2. The Bertz CT molecular complexity index is 1160. The third-order valence-corrected chi connectivity index (χ3v) is 6.00. The topological polar surface area (TPSA) is 3.88 Å². The van der Waals surface area contributed by atoms with Crippen LogP contribution in [0.2, 0.25) is 0 Å². The summed E-state index contributed by atoms with van der Waals surface area (Å²) in [7, 11) is 2.08. The van der Waals surface area contributed by atoms with Crippen molar-refractivity contribution < 1.29 is 8.96 Å². The fraction of sp³-hybridized carbons (Fsp3) is 0.0952. The number of benzene rings is 3. The molecule has 4 aromatic rings. The van der Waals surface area contributed by atoms with Crippen molar-refractivity contribution in [2.75, 3.05) is 0 Å². The number of aromatic nitrogens is 1. The molecule has 24 heavy (non-hydrogen) atoms. The lowest BCUT2D eigenvalue weighted by Crippen LogP contribution is -2.32. The first-order valence-electron chi connectivity index (χ1n) is 7.96. The molecule has 0 bridgehead atoms. The molecule has 0 aliphatic carbocycles. The summed E-state index contributed by atoms with van der Waals surface area (Å²) in [4.78, 5) is 2.39. The molecule has 1 aliphatic heterocycles. The molecule has 0 atom stereocenters. The van der Waals surface area contributed by atoms with Gasteiger partial charge in [-0.3, -0.25) is 0 Å². The SMILES string of the molecule is Cc1ccc2cccc3c2c1-c1c(c2cc(F)ccc2c[n+]1C)S3. The van der Waals surface area contributed by atoms with Crippen LogP contribution < -0.4 is 4.57 Å². The molecule has 2 heterocycles. The van der Waals surface area contributed by atoms with Gasteiger partial charge >= 0.3 is 0 Å². The molecule has 3 aromatic carbocycles. The molecule has 0 spiro atoms. The van der Waals surface area contributed by atoms with Crippen molar-refractivity contribution in [3.8, 4) is 11.3 Å². The van der Waals surface area contributed by atoms with Gasteiger partial charge in [0.2, 0.25) is 5.69 Å². The molecule has 5 rings (SSSR count). The molecule has 116 valence electrons. The fourth-order valence-corrected chi connectivity index (χ4v) is 5.06. The van der Waals surface area contributed by atoms with Crippen molar-refractivity contribution >= 4 is 33.3 Å². The number of hydrogen-bond acceptors (Lipinski definition) is 1. The van der Waals surface area contributed by atoms with Gasteiger partial charge in [0.1, 0.15) is 12.9 Å². The van der Waals surface area contributed by atoms with Crippen molar-refractivity contribution in [3.63, 3.8) is 0 Å². The zero-order valence-electron chi connectivity index (χ0n) is 13.4. The van der Waals surface area contributed by atoms with Crippen LogP contribution in [-0.4, -0.2) is 0 Å². The van der Waals surface area contributed by atoms with Gasteiger partial charge in [0.15, 0.2) is 6.20 Å². The number of pyridine rings is 1. The van der Waals surface area contributed by atoms with Gasteiger partial charge < -0.3 is 0 Å². The molecular formula is C21H15FNS+. The van der Waals surface area contributed by atoms with Crippen molar-refractivity contribution in [2.45, 2.75) is 16.7 Å². The molecule has 1 aromatic heterocycles. The van der Waals surface area contributed by atoms with Crippen LogP contribution in [0.25, 0.3) is 32.8 Å². The van der Waals surface area contributed by atoms with E-state index in [1.165, 1.54) is 38.6 Å². The van der Waals surface area contributed by atoms with E-state index in [1.807, 2.05) is 6.07 Å². The summed E-state index contributed by atoms with van der Waals surface area (Å²) in [5.41, 5.74) is 3.70. The molecule has 0 amide bonds. The van der Waals surface area contributed by atoms with Gasteiger partial charge in [-0.25, -0.2) is 4.39 Å². The molecule has 0 radical (unpaired) electrons. The van der Waals surface area contributed by atoms with E-state index in [0.29, 0.717) is 0 Å². The Morgan fingerprint density at radius 2 is 1.83 bits per heavy atom. The normalized spacial score (nSPS) is 12.6. The summed E-state index contributed by atoms with van der Waals surface area (Å²) in [5.74, 6) is -0.187. The average molecular weight is 332 g/mol. The summed E-state index contributed by atoms with van der Waals surface area (Å²) < 4.78 is 16.1. The van der Waals surface area contributed by atoms with Crippen LogP contribution in [0.1, 0.15) is 5.56 Å². The van der Waals surface area contributed by atoms with Crippen LogP contribution in [0.4, 0.5) is 4.39 Å². The highest BCUT2D eigenvalue weighted by Gasteiger charge is 2.29. The molecule has 1 aliphatic rings. The van der Waals surface area contributed by atoms with Gasteiger partial charge in [-0.15, -0.1) is 0 Å². The maximum Gasteiger partial charge on any atom is 0.227 e. The summed E-state index contributed by atoms with van der Waals surface area (Å²) in [6, 6.07) is 15.8. The first-order chi connectivity index (χ1) is 11.6. The highest BCUT2D eigenvalue weighted by molar-refractivity contribution is 8.00. The van der Waals surface area contributed by atoms with Crippen LogP contribution in [0.5, 0.6) is 0 Å². The maximum atomic E-state index is 13.9. The van der Waals surface area contributed by atoms with Crippen LogP contribution in [0.3, 0.4) is 0 Å². The zero-order valence-corrected chi connectivity index (χ0v) is 14.2. The van der Waals surface area contributed by atoms with Gasteiger partial charge in [0, 0.05) is 21.1 Å². The van der Waals surface area contributed by atoms with E-state index in [1.54, 1.807) is 17.8 Å². The summed E-state index contributed by atoms with van der Waals surface area (Å²) in [5, 5.41) is 4.61. The molecule has 0 fully saturated rings. The lowest BCUT2D eigenvalue weighted by Gasteiger charge is -2.21. The number of rotatable bonds is 0. The number of halogens is 1. The number of fused-ring (bicyclic) bond motifs is 4. The lowest BCUT2D eigenvalue weighted by molar-refractivity contribution is -0.660. The quantitative estimate of drug-likeness (QED) is 0.344. The summed E-state index contributed by atoms with van der Waals surface area (Å²) >= 11 is 1.75. The Hall–Kier alpha value is -2.39. The molecule has 1 nitrogen and oxygen atoms in total. The van der Waals surface area contributed by atoms with Crippen molar-refractivity contribution in [1.82, 2.24) is 0 Å². The molecule has 0 saturated heterocycles. The van der Waals surface area contributed by atoms with E-state index in [-0.39, 0.29) is 5.82 Å². The lowest BCUT2D eigenvalue weighted by atomic mass is 9.95. The molecule has 0 saturated carbocycles. The molecular weight excluding hydrogens is 317 g/mol. The van der Waals surface area contributed by atoms with Gasteiger partial charge in [-0.1, -0.05) is 36.0 Å². The maximum absolute atomic E-state index is 13.9. The van der Waals surface area contributed by atoms with Crippen LogP contribution in [0, 0.1) is 12.7 Å². The first-order valence-corrected chi connectivity index (χ1v) is 8.77. The molecule has 0 unspecified atom stereocenters. The molecule has 0 N–H and O–H groups in total. The third kappa shape index (κ3) is 1.79. The second-order valence-electron chi connectivity index (χ2n) is 6.36. The van der Waals surface area contributed by atoms with E-state index in [2.05, 4.69) is 55.1 Å². The summed E-state index contributed by atoms with van der Waals surface area (Å²) in [6.45, 7) is 2.15. The molecule has 3 heteroatoms. The van der Waals surface area contributed by atoms with Gasteiger partial charge in [-0.2, -0.15) is 4.57 Å². The largest absolute Gasteiger partial charge is 0.227 e. The predicted octanol–water partition coefficient (Wildman–Crippen LogP) is 5.40. The van der Waals surface area contributed by atoms with E-state index in [9.17, 15) is 4.39 Å². The van der Waals surface area contributed by atoms with Crippen molar-refractivity contribution in [1.29, 1.82) is 0 Å². The predicted molar refractivity (Wildman–Crippen MR) is 96.9 cm³/mol. The highest BCUT2D eigenvalue weighted by Crippen LogP contribution is 2.49. The smallest absolute Gasteiger partial charge is 0.207 e. The Balaban J connectivity index is 2.03. The van der Waals surface area contributed by atoms with E-state index in [4.69, 9.17) is 0 Å². The van der Waals surface area contributed by atoms with E-state index >= 15 is 0 Å². The fourth-order valence-electron chi connectivity index (χ4n) is 3.74. The standard InChI is InChI=1S/C21H15FNS/c1-12-6-7-13-4-3-5-17-19(13)18(12)20-21(24-17)16-10-15(22)9-8-14(16)11-23(20)2/h3-11H,1-2H3/q+1. The minimum atomic E-state index is -0.187. The monoisotopic (exact) mass is 332 g/mol. The second-order valence-corrected chi connectivity index (χ2v) is 7.42. The van der Waals surface area contributed by atoms with Crippen molar-refractivity contribution in [3.05, 3.63) is 66.1 Å². The summed E-state index contributed by atoms with van der Waals surface area (Å²) in [6.07, 6.45) is 2.10. The highest BCUT2D eigenvalue weighted by atomic mass is 32.2. The van der Waals surface area contributed by atoms with Crippen LogP contribution in [-0.2, 0) is 7.05 Å². The van der Waals surface area contributed by atoms with Gasteiger partial charge in [0.25, 0.3) is 0 Å². The zero-order chi connectivity index (χ0) is 16.4. The Morgan fingerprint density at radius 1 is 1.00 bits per heavy atom. The number of nitrogens with zero attached hydrogens (tertiary/aromatic N) is 1. The minimum absolute atomic E-state index is 0.187. The Morgan fingerprint density at radius 3 is 2.71 bits per heavy atom. The second kappa shape index (κ2) is 4.81. The van der Waals surface area contributed by atoms with Crippen LogP contribution in [0.15, 0.2) is 64.5 Å². The van der Waals surface area contributed by atoms with Gasteiger partial charge in [-0.05, 0) is 42.1 Å². The third-order valence-electron chi connectivity index (χ3n) is 4.82. The van der Waals surface area contributed by atoms with E-state index in [0.717, 1.165) is 15.7 Å². The van der Waals surface area contributed by atoms with Gasteiger partial charge in [0.05, 0.1) is 10.5 Å². The Kier molecular flexibility index (Phi) is 2.80. The van der Waals surface area contributed by atoms with Crippen LogP contribution >= 0.6 is 11.8 Å². The minimum Gasteiger partial charge on any atom is -0.207 e. The average Bonchev–Trinajstić information content (AvgIpc) is 2.58. The van der Waals surface area contributed by atoms with E-state index < -0.39 is 0 Å². The number of hydrogen-bond donors (Lipinski definition) is 0.